The van der Waals surface area contributed by atoms with Crippen molar-refractivity contribution in [2.24, 2.45) is 0 Å². The standard InChI is InChI=1S/C32H41N3O10/c36-28-10-9-27(30(37)34-28)35-31(38)25-7-4-8-26(29(25)32(35)39)33-11-12-40-13-14-41-15-16-42-17-18-43-19-20-44-21-22-45-23-24-5-2-1-3-6-24/h1-8,27,33H,9-23H2,(H,34,36,37). The van der Waals surface area contributed by atoms with Crippen molar-refractivity contribution < 1.29 is 47.6 Å². The van der Waals surface area contributed by atoms with Gasteiger partial charge in [0.25, 0.3) is 11.8 Å². The number of hydrogen-bond acceptors (Lipinski definition) is 11. The number of ether oxygens (including phenoxy) is 6. The van der Waals surface area contributed by atoms with Crippen molar-refractivity contribution in [2.45, 2.75) is 25.5 Å². The van der Waals surface area contributed by atoms with Gasteiger partial charge in [0.15, 0.2) is 0 Å². The number of nitrogens with zero attached hydrogens (tertiary/aromatic N) is 1. The van der Waals surface area contributed by atoms with E-state index >= 15 is 0 Å². The zero-order chi connectivity index (χ0) is 31.7. The van der Waals surface area contributed by atoms with Crippen LogP contribution in [0, 0.1) is 0 Å². The highest BCUT2D eigenvalue weighted by Gasteiger charge is 2.45. The highest BCUT2D eigenvalue weighted by Crippen LogP contribution is 2.32. The molecule has 0 bridgehead atoms. The molecular weight excluding hydrogens is 586 g/mol. The Labute approximate surface area is 262 Å². The molecule has 1 unspecified atom stereocenters. The lowest BCUT2D eigenvalue weighted by Gasteiger charge is -2.27. The summed E-state index contributed by atoms with van der Waals surface area (Å²) in [7, 11) is 0. The Hall–Kier alpha value is -3.72. The van der Waals surface area contributed by atoms with Crippen LogP contribution in [0.3, 0.4) is 0 Å². The van der Waals surface area contributed by atoms with Gasteiger partial charge in [0.1, 0.15) is 6.04 Å². The van der Waals surface area contributed by atoms with Gasteiger partial charge >= 0.3 is 0 Å². The van der Waals surface area contributed by atoms with E-state index in [2.05, 4.69) is 10.6 Å². The fourth-order valence-electron chi connectivity index (χ4n) is 4.78. The quantitative estimate of drug-likeness (QED) is 0.145. The molecule has 0 saturated carbocycles. The minimum atomic E-state index is -1.00. The first kappa shape index (κ1) is 34.2. The highest BCUT2D eigenvalue weighted by molar-refractivity contribution is 6.25. The predicted octanol–water partition coefficient (Wildman–Crippen LogP) is 1.80. The Balaban J connectivity index is 0.953. The van der Waals surface area contributed by atoms with Crippen molar-refractivity contribution in [3.63, 3.8) is 0 Å². The average Bonchev–Trinajstić information content (AvgIpc) is 3.30. The van der Waals surface area contributed by atoms with Crippen molar-refractivity contribution in [1.82, 2.24) is 10.2 Å². The lowest BCUT2D eigenvalue weighted by Crippen LogP contribution is -2.54. The van der Waals surface area contributed by atoms with Crippen LogP contribution in [0.4, 0.5) is 5.69 Å². The normalized spacial score (nSPS) is 16.3. The third kappa shape index (κ3) is 10.7. The van der Waals surface area contributed by atoms with Crippen LogP contribution in [0.15, 0.2) is 48.5 Å². The number of carbonyl (C=O) groups is 4. The molecule has 0 radical (unpaired) electrons. The Bertz CT molecular complexity index is 1260. The van der Waals surface area contributed by atoms with Crippen molar-refractivity contribution in [3.8, 4) is 0 Å². The second kappa shape index (κ2) is 18.9. The van der Waals surface area contributed by atoms with E-state index in [1.165, 1.54) is 0 Å². The molecule has 0 spiro atoms. The second-order valence-corrected chi connectivity index (χ2v) is 10.2. The van der Waals surface area contributed by atoms with Gasteiger partial charge in [-0.05, 0) is 24.1 Å². The SMILES string of the molecule is O=C1CCC(N2C(=O)c3cccc(NCCOCCOCCOCCOCCOCCOCc4ccccc4)c3C2=O)C(=O)N1. The molecule has 244 valence electrons. The van der Waals surface area contributed by atoms with E-state index in [4.69, 9.17) is 28.4 Å². The number of piperidine rings is 1. The summed E-state index contributed by atoms with van der Waals surface area (Å²) < 4.78 is 33.1. The molecule has 2 aliphatic heterocycles. The number of imide groups is 2. The van der Waals surface area contributed by atoms with Gasteiger partial charge in [-0.1, -0.05) is 36.4 Å². The first-order chi connectivity index (χ1) is 22.1. The Morgan fingerprint density at radius 3 is 1.84 bits per heavy atom. The lowest BCUT2D eigenvalue weighted by molar-refractivity contribution is -0.136. The monoisotopic (exact) mass is 627 g/mol. The van der Waals surface area contributed by atoms with Crippen LogP contribution < -0.4 is 10.6 Å². The van der Waals surface area contributed by atoms with Crippen LogP contribution in [-0.4, -0.2) is 114 Å². The molecule has 0 aromatic heterocycles. The molecular formula is C32H41N3O10. The maximum Gasteiger partial charge on any atom is 0.264 e. The van der Waals surface area contributed by atoms with Crippen LogP contribution in [0.1, 0.15) is 39.1 Å². The summed E-state index contributed by atoms with van der Waals surface area (Å²) in [6, 6.07) is 13.9. The first-order valence-electron chi connectivity index (χ1n) is 15.1. The van der Waals surface area contributed by atoms with Gasteiger partial charge in [0.2, 0.25) is 11.8 Å². The maximum absolute atomic E-state index is 13.1. The third-order valence-electron chi connectivity index (χ3n) is 7.00. The van der Waals surface area contributed by atoms with Gasteiger partial charge in [-0.3, -0.25) is 29.4 Å². The summed E-state index contributed by atoms with van der Waals surface area (Å²) in [6.45, 7) is 5.99. The molecule has 1 saturated heterocycles. The number of hydrogen-bond donors (Lipinski definition) is 2. The number of nitrogens with one attached hydrogen (secondary N) is 2. The van der Waals surface area contributed by atoms with Crippen molar-refractivity contribution in [3.05, 3.63) is 65.2 Å². The fraction of sp³-hybridized carbons (Fsp3) is 0.500. The van der Waals surface area contributed by atoms with Crippen molar-refractivity contribution >= 4 is 29.3 Å². The molecule has 13 nitrogen and oxygen atoms in total. The van der Waals surface area contributed by atoms with E-state index in [0.717, 1.165) is 10.5 Å². The van der Waals surface area contributed by atoms with E-state index < -0.39 is 29.7 Å². The number of amides is 4. The lowest BCUT2D eigenvalue weighted by atomic mass is 10.0. The zero-order valence-corrected chi connectivity index (χ0v) is 25.3. The number of anilines is 1. The minimum absolute atomic E-state index is 0.0715. The molecule has 4 amide bonds. The van der Waals surface area contributed by atoms with E-state index in [1.54, 1.807) is 18.2 Å². The van der Waals surface area contributed by atoms with Crippen molar-refractivity contribution in [2.75, 3.05) is 84.5 Å². The smallest absolute Gasteiger partial charge is 0.264 e. The zero-order valence-electron chi connectivity index (χ0n) is 25.3. The summed E-state index contributed by atoms with van der Waals surface area (Å²) >= 11 is 0. The number of benzene rings is 2. The Kier molecular flexibility index (Phi) is 14.4. The van der Waals surface area contributed by atoms with E-state index in [0.29, 0.717) is 91.5 Å². The highest BCUT2D eigenvalue weighted by atomic mass is 16.6. The molecule has 1 atom stereocenters. The van der Waals surface area contributed by atoms with Gasteiger partial charge in [0, 0.05) is 18.7 Å². The topological polar surface area (TPSA) is 151 Å². The molecule has 13 heteroatoms. The molecule has 4 rings (SSSR count). The van der Waals surface area contributed by atoms with Crippen molar-refractivity contribution in [1.29, 1.82) is 0 Å². The van der Waals surface area contributed by atoms with Gasteiger partial charge in [-0.2, -0.15) is 0 Å². The minimum Gasteiger partial charge on any atom is -0.382 e. The molecule has 0 aliphatic carbocycles. The Morgan fingerprint density at radius 1 is 0.667 bits per heavy atom. The predicted molar refractivity (Wildman–Crippen MR) is 162 cm³/mol. The van der Waals surface area contributed by atoms with E-state index in [1.807, 2.05) is 30.3 Å². The molecule has 45 heavy (non-hydrogen) atoms. The average molecular weight is 628 g/mol. The molecule has 2 aliphatic rings. The maximum atomic E-state index is 13.1. The Morgan fingerprint density at radius 2 is 1.24 bits per heavy atom. The molecule has 2 aromatic carbocycles. The van der Waals surface area contributed by atoms with Gasteiger partial charge < -0.3 is 33.7 Å². The number of fused-ring (bicyclic) bond motifs is 1. The van der Waals surface area contributed by atoms with E-state index in [-0.39, 0.29) is 24.0 Å². The number of rotatable bonds is 22. The van der Waals surface area contributed by atoms with Gasteiger partial charge in [-0.25, -0.2) is 0 Å². The third-order valence-corrected chi connectivity index (χ3v) is 7.00. The van der Waals surface area contributed by atoms with Crippen LogP contribution in [0.25, 0.3) is 0 Å². The van der Waals surface area contributed by atoms with Crippen LogP contribution in [0.5, 0.6) is 0 Å². The van der Waals surface area contributed by atoms with Crippen LogP contribution in [0.2, 0.25) is 0 Å². The molecule has 2 N–H and O–H groups in total. The summed E-state index contributed by atoms with van der Waals surface area (Å²) in [5, 5.41) is 5.33. The van der Waals surface area contributed by atoms with Crippen LogP contribution >= 0.6 is 0 Å². The summed E-state index contributed by atoms with van der Waals surface area (Å²) in [4.78, 5) is 50.7. The fourth-order valence-corrected chi connectivity index (χ4v) is 4.78. The summed E-state index contributed by atoms with van der Waals surface area (Å²) in [5.41, 5.74) is 2.07. The summed E-state index contributed by atoms with van der Waals surface area (Å²) in [5.74, 6) is -2.15. The molecule has 2 aromatic rings. The first-order valence-corrected chi connectivity index (χ1v) is 15.1. The van der Waals surface area contributed by atoms with Crippen LogP contribution in [-0.2, 0) is 44.6 Å². The van der Waals surface area contributed by atoms with E-state index in [9.17, 15) is 19.2 Å². The molecule has 1 fully saturated rings. The largest absolute Gasteiger partial charge is 0.382 e. The second-order valence-electron chi connectivity index (χ2n) is 10.2. The number of carbonyl (C=O) groups excluding carboxylic acids is 4. The van der Waals surface area contributed by atoms with Gasteiger partial charge in [0.05, 0.1) is 90.4 Å². The molecule has 2 heterocycles. The summed E-state index contributed by atoms with van der Waals surface area (Å²) in [6.07, 6.45) is 0.181. The van der Waals surface area contributed by atoms with Gasteiger partial charge in [-0.15, -0.1) is 0 Å².